The lowest BCUT2D eigenvalue weighted by atomic mass is 10.1. The Balaban J connectivity index is 1.60. The number of thioether (sulfide) groups is 1. The SMILES string of the molecule is CCCCSc1nnc2c(n1)OC(c1cc3c(cc1[N+](=O)[O-])OCO3)Nc1ccccc1-2. The summed E-state index contributed by atoms with van der Waals surface area (Å²) in [5.41, 5.74) is 2.07. The maximum Gasteiger partial charge on any atom is 0.282 e. The van der Waals surface area contributed by atoms with Gasteiger partial charge in [-0.25, -0.2) is 0 Å². The molecule has 10 nitrogen and oxygen atoms in total. The molecule has 2 aromatic carbocycles. The molecule has 5 rings (SSSR count). The summed E-state index contributed by atoms with van der Waals surface area (Å²) >= 11 is 1.50. The van der Waals surface area contributed by atoms with E-state index >= 15 is 0 Å². The highest BCUT2D eigenvalue weighted by molar-refractivity contribution is 7.99. The average molecular weight is 453 g/mol. The Morgan fingerprint density at radius 1 is 1.22 bits per heavy atom. The lowest BCUT2D eigenvalue weighted by Gasteiger charge is -2.19. The van der Waals surface area contributed by atoms with Gasteiger partial charge in [-0.15, -0.1) is 10.2 Å². The molecule has 0 amide bonds. The van der Waals surface area contributed by atoms with Crippen LogP contribution >= 0.6 is 11.8 Å². The quantitative estimate of drug-likeness (QED) is 0.246. The Hall–Kier alpha value is -3.60. The molecule has 0 bridgehead atoms. The molecule has 1 aromatic heterocycles. The van der Waals surface area contributed by atoms with Crippen LogP contribution in [-0.4, -0.2) is 32.7 Å². The number of fused-ring (bicyclic) bond motifs is 4. The molecule has 3 aromatic rings. The van der Waals surface area contributed by atoms with Gasteiger partial charge in [0.15, 0.2) is 17.2 Å². The van der Waals surface area contributed by atoms with Crippen molar-refractivity contribution < 1.29 is 19.1 Å². The maximum atomic E-state index is 11.8. The van der Waals surface area contributed by atoms with Gasteiger partial charge in [0.1, 0.15) is 0 Å². The fourth-order valence-corrected chi connectivity index (χ4v) is 4.33. The number of anilines is 1. The second-order valence-electron chi connectivity index (χ2n) is 7.16. The largest absolute Gasteiger partial charge is 0.454 e. The van der Waals surface area contributed by atoms with Gasteiger partial charge in [0.25, 0.3) is 5.69 Å². The van der Waals surface area contributed by atoms with Crippen molar-refractivity contribution in [1.82, 2.24) is 15.2 Å². The number of unbranched alkanes of at least 4 members (excludes halogenated alkanes) is 1. The van der Waals surface area contributed by atoms with Crippen molar-refractivity contribution in [3.8, 4) is 28.6 Å². The van der Waals surface area contributed by atoms with Crippen molar-refractivity contribution >= 4 is 23.1 Å². The van der Waals surface area contributed by atoms with E-state index in [1.807, 2.05) is 24.3 Å². The van der Waals surface area contributed by atoms with Gasteiger partial charge in [-0.1, -0.05) is 43.3 Å². The van der Waals surface area contributed by atoms with E-state index in [1.54, 1.807) is 6.07 Å². The molecule has 0 aliphatic carbocycles. The number of aromatic nitrogens is 3. The van der Waals surface area contributed by atoms with Gasteiger partial charge in [-0.05, 0) is 18.6 Å². The highest BCUT2D eigenvalue weighted by atomic mass is 32.2. The monoisotopic (exact) mass is 453 g/mol. The molecule has 0 fully saturated rings. The summed E-state index contributed by atoms with van der Waals surface area (Å²) in [6.45, 7) is 2.13. The Kier molecular flexibility index (Phi) is 5.39. The third-order valence-corrected chi connectivity index (χ3v) is 5.99. The summed E-state index contributed by atoms with van der Waals surface area (Å²) in [4.78, 5) is 15.9. The zero-order chi connectivity index (χ0) is 22.1. The third kappa shape index (κ3) is 3.75. The number of nitrogens with zero attached hydrogens (tertiary/aromatic N) is 4. The molecule has 1 N–H and O–H groups in total. The lowest BCUT2D eigenvalue weighted by Crippen LogP contribution is -2.18. The number of para-hydroxylation sites is 1. The van der Waals surface area contributed by atoms with Crippen molar-refractivity contribution in [2.75, 3.05) is 17.9 Å². The van der Waals surface area contributed by atoms with Crippen molar-refractivity contribution in [3.05, 3.63) is 52.1 Å². The Bertz CT molecular complexity index is 1190. The van der Waals surface area contributed by atoms with Gasteiger partial charge in [0, 0.05) is 17.0 Å². The van der Waals surface area contributed by atoms with Crippen molar-refractivity contribution in [1.29, 1.82) is 0 Å². The van der Waals surface area contributed by atoms with Crippen molar-refractivity contribution in [2.45, 2.75) is 31.1 Å². The van der Waals surface area contributed by atoms with E-state index in [-0.39, 0.29) is 18.4 Å². The van der Waals surface area contributed by atoms with E-state index < -0.39 is 11.2 Å². The molecule has 1 atom stereocenters. The molecule has 0 saturated carbocycles. The van der Waals surface area contributed by atoms with Gasteiger partial charge in [0.05, 0.1) is 16.6 Å². The number of rotatable bonds is 6. The van der Waals surface area contributed by atoms with Crippen LogP contribution in [-0.2, 0) is 0 Å². The van der Waals surface area contributed by atoms with Crippen LogP contribution in [0.2, 0.25) is 0 Å². The first-order chi connectivity index (χ1) is 15.6. The predicted octanol–water partition coefficient (Wildman–Crippen LogP) is 4.57. The van der Waals surface area contributed by atoms with Crippen LogP contribution in [0.1, 0.15) is 31.6 Å². The minimum atomic E-state index is -0.905. The van der Waals surface area contributed by atoms with Crippen LogP contribution in [0.3, 0.4) is 0 Å². The molecule has 11 heteroatoms. The lowest BCUT2D eigenvalue weighted by molar-refractivity contribution is -0.386. The molecule has 2 aliphatic rings. The first-order valence-corrected chi connectivity index (χ1v) is 11.1. The number of hydrogen-bond donors (Lipinski definition) is 1. The molecular weight excluding hydrogens is 434 g/mol. The van der Waals surface area contributed by atoms with Crippen LogP contribution < -0.4 is 19.5 Å². The molecule has 1 unspecified atom stereocenters. The normalized spacial score (nSPS) is 15.7. The molecule has 0 saturated heterocycles. The summed E-state index contributed by atoms with van der Waals surface area (Å²) in [6.07, 6.45) is 1.19. The fraction of sp³-hybridized carbons (Fsp3) is 0.286. The highest BCUT2D eigenvalue weighted by Crippen LogP contribution is 2.44. The van der Waals surface area contributed by atoms with E-state index in [4.69, 9.17) is 14.2 Å². The first-order valence-electron chi connectivity index (χ1n) is 10.1. The summed E-state index contributed by atoms with van der Waals surface area (Å²) in [5.74, 6) is 1.87. The number of nitro groups is 1. The van der Waals surface area contributed by atoms with E-state index in [0.29, 0.717) is 33.6 Å². The van der Waals surface area contributed by atoms with Crippen LogP contribution in [0, 0.1) is 10.1 Å². The standard InChI is InChI=1S/C21H19N5O5S/c1-2-3-8-32-21-23-20-18(24-25-21)12-6-4-5-7-14(12)22-19(31-20)13-9-16-17(30-11-29-16)10-15(13)26(27)28/h4-7,9-10,19,22H,2-3,8,11H2,1H3. The Labute approximate surface area is 187 Å². The second-order valence-corrected chi connectivity index (χ2v) is 8.22. The minimum Gasteiger partial charge on any atom is -0.454 e. The third-order valence-electron chi connectivity index (χ3n) is 5.06. The molecule has 0 radical (unpaired) electrons. The van der Waals surface area contributed by atoms with Crippen molar-refractivity contribution in [3.63, 3.8) is 0 Å². The summed E-state index contributed by atoms with van der Waals surface area (Å²) in [7, 11) is 0. The smallest absolute Gasteiger partial charge is 0.282 e. The number of ether oxygens (including phenoxy) is 3. The zero-order valence-corrected chi connectivity index (χ0v) is 17.9. The molecule has 0 spiro atoms. The predicted molar refractivity (Wildman–Crippen MR) is 117 cm³/mol. The molecule has 164 valence electrons. The van der Waals surface area contributed by atoms with Crippen LogP contribution in [0.25, 0.3) is 11.3 Å². The van der Waals surface area contributed by atoms with E-state index in [0.717, 1.165) is 24.2 Å². The van der Waals surface area contributed by atoms with Gasteiger partial charge < -0.3 is 19.5 Å². The Morgan fingerprint density at radius 2 is 2.03 bits per heavy atom. The molecular formula is C21H19N5O5S. The average Bonchev–Trinajstić information content (AvgIpc) is 3.19. The van der Waals surface area contributed by atoms with Gasteiger partial charge in [-0.2, -0.15) is 4.98 Å². The van der Waals surface area contributed by atoms with Crippen molar-refractivity contribution in [2.24, 2.45) is 0 Å². The summed E-state index contributed by atoms with van der Waals surface area (Å²) in [5, 5.41) is 24.2. The van der Waals surface area contributed by atoms with E-state index in [2.05, 4.69) is 27.4 Å². The van der Waals surface area contributed by atoms with E-state index in [1.165, 1.54) is 17.8 Å². The van der Waals surface area contributed by atoms with Gasteiger partial charge in [-0.3, -0.25) is 10.1 Å². The van der Waals surface area contributed by atoms with Crippen LogP contribution in [0.5, 0.6) is 17.4 Å². The van der Waals surface area contributed by atoms with Crippen LogP contribution in [0.15, 0.2) is 41.6 Å². The maximum absolute atomic E-state index is 11.8. The molecule has 32 heavy (non-hydrogen) atoms. The number of nitrogens with one attached hydrogen (secondary N) is 1. The fourth-order valence-electron chi connectivity index (χ4n) is 3.47. The summed E-state index contributed by atoms with van der Waals surface area (Å²) in [6, 6.07) is 10.4. The zero-order valence-electron chi connectivity index (χ0n) is 17.1. The topological polar surface area (TPSA) is 122 Å². The number of benzene rings is 2. The minimum absolute atomic E-state index is 0.00997. The number of nitro benzene ring substituents is 1. The van der Waals surface area contributed by atoms with Crippen LogP contribution in [0.4, 0.5) is 11.4 Å². The number of hydrogen-bond acceptors (Lipinski definition) is 10. The van der Waals surface area contributed by atoms with Gasteiger partial charge >= 0.3 is 0 Å². The Morgan fingerprint density at radius 3 is 2.84 bits per heavy atom. The summed E-state index contributed by atoms with van der Waals surface area (Å²) < 4.78 is 16.9. The second kappa shape index (κ2) is 8.50. The van der Waals surface area contributed by atoms with Gasteiger partial charge in [0.2, 0.25) is 24.1 Å². The first kappa shape index (κ1) is 20.3. The van der Waals surface area contributed by atoms with E-state index in [9.17, 15) is 10.1 Å². The highest BCUT2D eigenvalue weighted by Gasteiger charge is 2.33. The molecule has 3 heterocycles. The molecule has 2 aliphatic heterocycles.